The zero-order valence-electron chi connectivity index (χ0n) is 12.2. The van der Waals surface area contributed by atoms with Gasteiger partial charge in [-0.2, -0.15) is 0 Å². The lowest BCUT2D eigenvalue weighted by Gasteiger charge is -2.30. The van der Waals surface area contributed by atoms with E-state index in [0.29, 0.717) is 23.4 Å². The molecule has 2 aromatic rings. The van der Waals surface area contributed by atoms with E-state index >= 15 is 0 Å². The fourth-order valence-electron chi connectivity index (χ4n) is 2.42. The van der Waals surface area contributed by atoms with Crippen molar-refractivity contribution >= 4 is 18.1 Å². The van der Waals surface area contributed by atoms with E-state index in [0.717, 1.165) is 0 Å². The van der Waals surface area contributed by atoms with E-state index in [1.807, 2.05) is 0 Å². The van der Waals surface area contributed by atoms with Gasteiger partial charge >= 0.3 is 6.36 Å². The summed E-state index contributed by atoms with van der Waals surface area (Å²) in [5.41, 5.74) is 1.90. The predicted octanol–water partition coefficient (Wildman–Crippen LogP) is 5.27. The first kappa shape index (κ1) is 18.3. The van der Waals surface area contributed by atoms with Gasteiger partial charge in [-0.25, -0.2) is 8.78 Å². The molecule has 1 aliphatic carbocycles. The molecule has 2 aromatic carbocycles. The SMILES string of the molecule is Cl.FC(F)(F)Oc1ccc(CNc2ccc3c(c2)C(F)(F)C3)cc1. The Kier molecular flexibility index (Phi) is 4.94. The maximum absolute atomic E-state index is 13.3. The molecule has 0 aliphatic heterocycles. The zero-order chi connectivity index (χ0) is 16.7. The minimum absolute atomic E-state index is 0. The Bertz CT molecular complexity index is 715. The largest absolute Gasteiger partial charge is 0.573 e. The van der Waals surface area contributed by atoms with Gasteiger partial charge in [0, 0.05) is 24.2 Å². The number of hydrogen-bond acceptors (Lipinski definition) is 2. The second kappa shape index (κ2) is 6.47. The van der Waals surface area contributed by atoms with Crippen molar-refractivity contribution in [3.8, 4) is 5.75 Å². The third-order valence-electron chi connectivity index (χ3n) is 3.57. The second-order valence-corrected chi connectivity index (χ2v) is 5.30. The Labute approximate surface area is 141 Å². The summed E-state index contributed by atoms with van der Waals surface area (Å²) in [5, 5.41) is 2.97. The number of rotatable bonds is 4. The Hall–Kier alpha value is -2.02. The van der Waals surface area contributed by atoms with Crippen molar-refractivity contribution < 1.29 is 26.7 Å². The number of anilines is 1. The van der Waals surface area contributed by atoms with Crippen LogP contribution in [0.15, 0.2) is 42.5 Å². The van der Waals surface area contributed by atoms with Gasteiger partial charge in [0.25, 0.3) is 5.92 Å². The lowest BCUT2D eigenvalue weighted by Crippen LogP contribution is -2.29. The Balaban J connectivity index is 0.00000208. The molecule has 130 valence electrons. The fourth-order valence-corrected chi connectivity index (χ4v) is 2.42. The molecule has 0 aromatic heterocycles. The van der Waals surface area contributed by atoms with E-state index in [-0.39, 0.29) is 30.1 Å². The van der Waals surface area contributed by atoms with Crippen LogP contribution >= 0.6 is 12.4 Å². The maximum Gasteiger partial charge on any atom is 0.573 e. The van der Waals surface area contributed by atoms with Crippen molar-refractivity contribution in [2.75, 3.05) is 5.32 Å². The lowest BCUT2D eigenvalue weighted by molar-refractivity contribution is -0.274. The monoisotopic (exact) mass is 365 g/mol. The van der Waals surface area contributed by atoms with Gasteiger partial charge in [-0.05, 0) is 35.4 Å². The van der Waals surface area contributed by atoms with E-state index < -0.39 is 12.3 Å². The van der Waals surface area contributed by atoms with Crippen LogP contribution in [0, 0.1) is 0 Å². The fraction of sp³-hybridized carbons (Fsp3) is 0.250. The highest BCUT2D eigenvalue weighted by Crippen LogP contribution is 2.44. The summed E-state index contributed by atoms with van der Waals surface area (Å²) in [6.07, 6.45) is -4.96. The molecule has 0 fully saturated rings. The minimum atomic E-state index is -4.73. The molecule has 1 aliphatic rings. The molecule has 0 saturated heterocycles. The standard InChI is InChI=1S/C16H12F5NO.ClH/c17-15(18)8-11-3-4-12(7-14(11)15)22-9-10-1-5-13(6-2-10)23-16(19,20)21;/h1-7,22H,8-9H2;1H. The van der Waals surface area contributed by atoms with Crippen LogP contribution < -0.4 is 10.1 Å². The summed E-state index contributed by atoms with van der Waals surface area (Å²) in [6, 6.07) is 10.1. The minimum Gasteiger partial charge on any atom is -0.406 e. The van der Waals surface area contributed by atoms with Gasteiger partial charge in [0.2, 0.25) is 0 Å². The number of fused-ring (bicyclic) bond motifs is 1. The van der Waals surface area contributed by atoms with Crippen LogP contribution in [0.2, 0.25) is 0 Å². The van der Waals surface area contributed by atoms with Crippen LogP contribution in [0.4, 0.5) is 27.6 Å². The van der Waals surface area contributed by atoms with Crippen molar-refractivity contribution in [2.24, 2.45) is 0 Å². The molecule has 3 rings (SSSR count). The predicted molar refractivity (Wildman–Crippen MR) is 81.7 cm³/mol. The molecule has 8 heteroatoms. The smallest absolute Gasteiger partial charge is 0.406 e. The number of ether oxygens (including phenoxy) is 1. The van der Waals surface area contributed by atoms with Gasteiger partial charge in [0.1, 0.15) is 5.75 Å². The van der Waals surface area contributed by atoms with Crippen LogP contribution in [0.25, 0.3) is 0 Å². The summed E-state index contributed by atoms with van der Waals surface area (Å²) < 4.78 is 66.6. The van der Waals surface area contributed by atoms with E-state index in [1.165, 1.54) is 30.3 Å². The Morgan fingerprint density at radius 2 is 1.71 bits per heavy atom. The van der Waals surface area contributed by atoms with Crippen LogP contribution in [0.5, 0.6) is 5.75 Å². The topological polar surface area (TPSA) is 21.3 Å². The average molecular weight is 366 g/mol. The van der Waals surface area contributed by atoms with Gasteiger partial charge < -0.3 is 10.1 Å². The van der Waals surface area contributed by atoms with Crippen molar-refractivity contribution in [1.29, 1.82) is 0 Å². The van der Waals surface area contributed by atoms with Gasteiger partial charge in [-0.1, -0.05) is 18.2 Å². The molecule has 0 saturated carbocycles. The molecule has 0 spiro atoms. The zero-order valence-corrected chi connectivity index (χ0v) is 13.0. The molecular formula is C16H13ClF5NO. The van der Waals surface area contributed by atoms with E-state index in [1.54, 1.807) is 12.1 Å². The highest BCUT2D eigenvalue weighted by Gasteiger charge is 2.43. The number of hydrogen-bond donors (Lipinski definition) is 1. The summed E-state index contributed by atoms with van der Waals surface area (Å²) in [5.74, 6) is -3.08. The van der Waals surface area contributed by atoms with Gasteiger partial charge in [0.15, 0.2) is 0 Å². The van der Waals surface area contributed by atoms with E-state index in [2.05, 4.69) is 10.1 Å². The molecule has 0 heterocycles. The molecule has 0 unspecified atom stereocenters. The second-order valence-electron chi connectivity index (χ2n) is 5.30. The van der Waals surface area contributed by atoms with Crippen LogP contribution in [0.1, 0.15) is 16.7 Å². The molecule has 0 radical (unpaired) electrons. The molecule has 0 atom stereocenters. The highest BCUT2D eigenvalue weighted by atomic mass is 35.5. The first-order valence-electron chi connectivity index (χ1n) is 6.83. The van der Waals surface area contributed by atoms with Crippen molar-refractivity contribution in [3.63, 3.8) is 0 Å². The van der Waals surface area contributed by atoms with Gasteiger partial charge in [0.05, 0.1) is 0 Å². The van der Waals surface area contributed by atoms with Crippen LogP contribution in [-0.4, -0.2) is 6.36 Å². The molecule has 0 bridgehead atoms. The molecule has 0 amide bonds. The molecule has 24 heavy (non-hydrogen) atoms. The third kappa shape index (κ3) is 4.08. The first-order valence-corrected chi connectivity index (χ1v) is 6.83. The number of alkyl halides is 5. The average Bonchev–Trinajstić information content (AvgIpc) is 2.45. The highest BCUT2D eigenvalue weighted by molar-refractivity contribution is 5.85. The van der Waals surface area contributed by atoms with Crippen molar-refractivity contribution in [3.05, 3.63) is 59.2 Å². The van der Waals surface area contributed by atoms with Crippen molar-refractivity contribution in [1.82, 2.24) is 0 Å². The Morgan fingerprint density at radius 1 is 1.04 bits per heavy atom. The van der Waals surface area contributed by atoms with E-state index in [4.69, 9.17) is 0 Å². The molecular weight excluding hydrogens is 353 g/mol. The summed E-state index contributed by atoms with van der Waals surface area (Å²) >= 11 is 0. The summed E-state index contributed by atoms with van der Waals surface area (Å²) in [4.78, 5) is 0. The maximum atomic E-state index is 13.3. The quantitative estimate of drug-likeness (QED) is 0.745. The first-order chi connectivity index (χ1) is 10.7. The van der Waals surface area contributed by atoms with Crippen molar-refractivity contribution in [2.45, 2.75) is 25.3 Å². The lowest BCUT2D eigenvalue weighted by atomic mass is 9.84. The van der Waals surface area contributed by atoms with E-state index in [9.17, 15) is 22.0 Å². The molecule has 2 nitrogen and oxygen atoms in total. The van der Waals surface area contributed by atoms with Crippen LogP contribution in [-0.2, 0) is 18.9 Å². The summed E-state index contributed by atoms with van der Waals surface area (Å²) in [6.45, 7) is 0.302. The Morgan fingerprint density at radius 3 is 2.29 bits per heavy atom. The van der Waals surface area contributed by atoms with Gasteiger partial charge in [-0.3, -0.25) is 0 Å². The summed E-state index contributed by atoms with van der Waals surface area (Å²) in [7, 11) is 0. The molecule has 1 N–H and O–H groups in total. The number of benzene rings is 2. The number of halogens is 6. The number of nitrogens with one attached hydrogen (secondary N) is 1. The third-order valence-corrected chi connectivity index (χ3v) is 3.57. The van der Waals surface area contributed by atoms with Crippen LogP contribution in [0.3, 0.4) is 0 Å². The normalized spacial score (nSPS) is 14.9. The van der Waals surface area contributed by atoms with Gasteiger partial charge in [-0.15, -0.1) is 25.6 Å².